The zero-order chi connectivity index (χ0) is 15.1. The molecule has 0 bridgehead atoms. The zero-order valence-corrected chi connectivity index (χ0v) is 12.1. The Morgan fingerprint density at radius 1 is 1.10 bits per heavy atom. The van der Waals surface area contributed by atoms with E-state index in [1.807, 2.05) is 6.92 Å². The van der Waals surface area contributed by atoms with Crippen LogP contribution in [-0.2, 0) is 4.79 Å². The molecule has 0 aromatic heterocycles. The summed E-state index contributed by atoms with van der Waals surface area (Å²) in [7, 11) is 0. The van der Waals surface area contributed by atoms with Gasteiger partial charge in [-0.15, -0.1) is 0 Å². The van der Waals surface area contributed by atoms with Gasteiger partial charge >= 0.3 is 12.0 Å². The van der Waals surface area contributed by atoms with Crippen LogP contribution in [0.25, 0.3) is 0 Å². The minimum atomic E-state index is -1.08. The van der Waals surface area contributed by atoms with E-state index in [2.05, 4.69) is 24.5 Å². The second kappa shape index (κ2) is 7.53. The molecule has 1 aromatic carbocycles. The zero-order valence-electron chi connectivity index (χ0n) is 12.1. The first-order chi connectivity index (χ1) is 9.40. The van der Waals surface area contributed by atoms with Crippen LogP contribution in [0.5, 0.6) is 0 Å². The number of hydrogen-bond acceptors (Lipinski definition) is 2. The minimum Gasteiger partial charge on any atom is -0.479 e. The first kappa shape index (κ1) is 16.0. The Hall–Kier alpha value is -2.04. The van der Waals surface area contributed by atoms with Gasteiger partial charge in [0, 0.05) is 6.04 Å². The third-order valence-electron chi connectivity index (χ3n) is 2.86. The van der Waals surface area contributed by atoms with Crippen LogP contribution in [0.1, 0.15) is 38.8 Å². The van der Waals surface area contributed by atoms with Gasteiger partial charge in [0.2, 0.25) is 0 Å². The number of aliphatic carboxylic acids is 1. The van der Waals surface area contributed by atoms with Gasteiger partial charge in [0.05, 0.1) is 0 Å². The Kier molecular flexibility index (Phi) is 6.03. The van der Waals surface area contributed by atoms with Crippen molar-refractivity contribution >= 4 is 12.0 Å². The average Bonchev–Trinajstić information content (AvgIpc) is 2.35. The van der Waals surface area contributed by atoms with Crippen LogP contribution in [0.15, 0.2) is 30.3 Å². The van der Waals surface area contributed by atoms with Gasteiger partial charge < -0.3 is 15.7 Å². The van der Waals surface area contributed by atoms with Crippen molar-refractivity contribution in [3.8, 4) is 0 Å². The number of carboxylic acid groups (broad SMARTS) is 1. The molecule has 110 valence electrons. The van der Waals surface area contributed by atoms with Gasteiger partial charge in [-0.2, -0.15) is 0 Å². The van der Waals surface area contributed by atoms with E-state index in [1.165, 1.54) is 0 Å². The van der Waals surface area contributed by atoms with Crippen LogP contribution < -0.4 is 10.6 Å². The Morgan fingerprint density at radius 2 is 1.70 bits per heavy atom. The van der Waals surface area contributed by atoms with Crippen LogP contribution in [0.2, 0.25) is 0 Å². The van der Waals surface area contributed by atoms with Crippen LogP contribution >= 0.6 is 0 Å². The van der Waals surface area contributed by atoms with E-state index in [0.29, 0.717) is 11.5 Å². The topological polar surface area (TPSA) is 78.4 Å². The largest absolute Gasteiger partial charge is 0.479 e. The lowest BCUT2D eigenvalue weighted by atomic mass is 10.1. The fourth-order valence-electron chi connectivity index (χ4n) is 2.10. The van der Waals surface area contributed by atoms with E-state index in [9.17, 15) is 14.7 Å². The van der Waals surface area contributed by atoms with Crippen molar-refractivity contribution in [2.45, 2.75) is 39.3 Å². The number of carbonyl (C=O) groups is 2. The van der Waals surface area contributed by atoms with Gasteiger partial charge in [-0.05, 0) is 24.8 Å². The summed E-state index contributed by atoms with van der Waals surface area (Å²) in [6, 6.07) is 7.14. The third-order valence-corrected chi connectivity index (χ3v) is 2.86. The highest BCUT2D eigenvalue weighted by Crippen LogP contribution is 2.12. The van der Waals surface area contributed by atoms with Gasteiger partial charge in [0.1, 0.15) is 0 Å². The molecule has 5 nitrogen and oxygen atoms in total. The van der Waals surface area contributed by atoms with Crippen molar-refractivity contribution in [1.29, 1.82) is 0 Å². The predicted octanol–water partition coefficient (Wildman–Crippen LogP) is 2.55. The number of hydrogen-bond donors (Lipinski definition) is 3. The molecule has 0 radical (unpaired) electrons. The summed E-state index contributed by atoms with van der Waals surface area (Å²) in [4.78, 5) is 23.1. The predicted molar refractivity (Wildman–Crippen MR) is 77.4 cm³/mol. The minimum absolute atomic E-state index is 0.000202. The molecular weight excluding hydrogens is 256 g/mol. The number of nitrogens with one attached hydrogen (secondary N) is 2. The van der Waals surface area contributed by atoms with E-state index < -0.39 is 18.0 Å². The Balaban J connectivity index is 2.63. The monoisotopic (exact) mass is 278 g/mol. The molecule has 2 atom stereocenters. The van der Waals surface area contributed by atoms with Crippen molar-refractivity contribution in [2.24, 2.45) is 5.92 Å². The highest BCUT2D eigenvalue weighted by Gasteiger charge is 2.22. The molecule has 1 aromatic rings. The van der Waals surface area contributed by atoms with Crippen molar-refractivity contribution in [2.75, 3.05) is 0 Å². The summed E-state index contributed by atoms with van der Waals surface area (Å²) >= 11 is 0. The lowest BCUT2D eigenvalue weighted by Gasteiger charge is -2.19. The lowest BCUT2D eigenvalue weighted by molar-refractivity contribution is -0.139. The molecule has 20 heavy (non-hydrogen) atoms. The summed E-state index contributed by atoms with van der Waals surface area (Å²) in [6.45, 7) is 6.04. The van der Waals surface area contributed by atoms with Crippen molar-refractivity contribution in [3.05, 3.63) is 35.9 Å². The SMILES string of the molecule is CC(C)CC(C)NC(=O)N[C@@H](C(=O)O)c1ccccc1. The van der Waals surface area contributed by atoms with Crippen molar-refractivity contribution in [1.82, 2.24) is 10.6 Å². The molecule has 0 aliphatic carbocycles. The first-order valence-corrected chi connectivity index (χ1v) is 6.75. The van der Waals surface area contributed by atoms with Gasteiger partial charge in [-0.25, -0.2) is 9.59 Å². The summed E-state index contributed by atoms with van der Waals surface area (Å²) in [5.41, 5.74) is 0.548. The molecule has 1 rings (SSSR count). The van der Waals surface area contributed by atoms with E-state index in [0.717, 1.165) is 6.42 Å². The summed E-state index contributed by atoms with van der Waals surface area (Å²) in [6.07, 6.45) is 0.844. The molecule has 0 aliphatic rings. The maximum absolute atomic E-state index is 11.8. The lowest BCUT2D eigenvalue weighted by Crippen LogP contribution is -2.44. The maximum atomic E-state index is 11.8. The van der Waals surface area contributed by atoms with Crippen LogP contribution in [0, 0.1) is 5.92 Å². The summed E-state index contributed by atoms with van der Waals surface area (Å²) in [5, 5.41) is 14.5. The molecule has 3 N–H and O–H groups in total. The van der Waals surface area contributed by atoms with Gasteiger partial charge in [-0.3, -0.25) is 0 Å². The summed E-state index contributed by atoms with van der Waals surface area (Å²) in [5.74, 6) is -0.613. The second-order valence-electron chi connectivity index (χ2n) is 5.33. The molecule has 0 fully saturated rings. The third kappa shape index (κ3) is 5.30. The van der Waals surface area contributed by atoms with Crippen molar-refractivity contribution in [3.63, 3.8) is 0 Å². The molecular formula is C15H22N2O3. The quantitative estimate of drug-likeness (QED) is 0.748. The highest BCUT2D eigenvalue weighted by molar-refractivity contribution is 5.83. The fraction of sp³-hybridized carbons (Fsp3) is 0.467. The normalized spacial score (nSPS) is 13.6. The number of amides is 2. The second-order valence-corrected chi connectivity index (χ2v) is 5.33. The standard InChI is InChI=1S/C15H22N2O3/c1-10(2)9-11(3)16-15(20)17-13(14(18)19)12-7-5-4-6-8-12/h4-8,10-11,13H,9H2,1-3H3,(H,18,19)(H2,16,17,20)/t11?,13-/m1/s1. The number of rotatable bonds is 6. The number of carboxylic acids is 1. The molecule has 5 heteroatoms. The highest BCUT2D eigenvalue weighted by atomic mass is 16.4. The van der Waals surface area contributed by atoms with Crippen LogP contribution in [-0.4, -0.2) is 23.1 Å². The Morgan fingerprint density at radius 3 is 2.20 bits per heavy atom. The number of urea groups is 1. The van der Waals surface area contributed by atoms with Gasteiger partial charge in [-0.1, -0.05) is 44.2 Å². The Labute approximate surface area is 119 Å². The van der Waals surface area contributed by atoms with Gasteiger partial charge in [0.25, 0.3) is 0 Å². The maximum Gasteiger partial charge on any atom is 0.330 e. The van der Waals surface area contributed by atoms with Crippen LogP contribution in [0.3, 0.4) is 0 Å². The number of benzene rings is 1. The molecule has 0 saturated carbocycles. The molecule has 0 heterocycles. The molecule has 0 saturated heterocycles. The van der Waals surface area contributed by atoms with Gasteiger partial charge in [0.15, 0.2) is 6.04 Å². The van der Waals surface area contributed by atoms with E-state index in [4.69, 9.17) is 0 Å². The van der Waals surface area contributed by atoms with E-state index in [-0.39, 0.29) is 6.04 Å². The molecule has 2 amide bonds. The number of carbonyl (C=O) groups excluding carboxylic acids is 1. The van der Waals surface area contributed by atoms with E-state index in [1.54, 1.807) is 30.3 Å². The smallest absolute Gasteiger partial charge is 0.330 e. The summed E-state index contributed by atoms with van der Waals surface area (Å²) < 4.78 is 0. The molecule has 0 aliphatic heterocycles. The molecule has 0 spiro atoms. The van der Waals surface area contributed by atoms with Crippen molar-refractivity contribution < 1.29 is 14.7 Å². The molecule has 1 unspecified atom stereocenters. The van der Waals surface area contributed by atoms with E-state index >= 15 is 0 Å². The Bertz CT molecular complexity index is 446. The fourth-order valence-corrected chi connectivity index (χ4v) is 2.10. The first-order valence-electron chi connectivity index (χ1n) is 6.75. The van der Waals surface area contributed by atoms with Crippen LogP contribution in [0.4, 0.5) is 4.79 Å². The average molecular weight is 278 g/mol.